The van der Waals surface area contributed by atoms with Crippen molar-refractivity contribution < 1.29 is 13.6 Å². The molecule has 1 saturated heterocycles. The number of piperidine rings is 1. The molecule has 1 aromatic heterocycles. The first kappa shape index (κ1) is 19.4. The van der Waals surface area contributed by atoms with Gasteiger partial charge in [0.15, 0.2) is 0 Å². The van der Waals surface area contributed by atoms with Crippen molar-refractivity contribution in [1.82, 2.24) is 10.2 Å². The number of nitrogens with zero attached hydrogens (tertiary/aromatic N) is 1. The Morgan fingerprint density at radius 1 is 1.03 bits per heavy atom. The number of hydrogen-bond acceptors (Lipinski definition) is 3. The number of nitrogens with one attached hydrogen (secondary N) is 1. The number of rotatable bonds is 6. The zero-order valence-corrected chi connectivity index (χ0v) is 16.3. The van der Waals surface area contributed by atoms with Crippen molar-refractivity contribution in [2.75, 3.05) is 6.54 Å². The Labute approximate surface area is 170 Å². The van der Waals surface area contributed by atoms with Crippen LogP contribution in [-0.4, -0.2) is 17.4 Å². The van der Waals surface area contributed by atoms with Crippen molar-refractivity contribution in [3.8, 4) is 0 Å². The maximum absolute atomic E-state index is 13.4. The van der Waals surface area contributed by atoms with Gasteiger partial charge in [-0.05, 0) is 48.2 Å². The molecule has 5 heteroatoms. The van der Waals surface area contributed by atoms with Gasteiger partial charge in [-0.25, -0.2) is 4.39 Å². The minimum atomic E-state index is -0.227. The van der Waals surface area contributed by atoms with Crippen molar-refractivity contribution in [3.63, 3.8) is 0 Å². The van der Waals surface area contributed by atoms with Gasteiger partial charge < -0.3 is 9.73 Å². The Bertz CT molecular complexity index is 910. The van der Waals surface area contributed by atoms with Gasteiger partial charge in [-0.15, -0.1) is 0 Å². The molecule has 1 fully saturated rings. The van der Waals surface area contributed by atoms with Crippen molar-refractivity contribution >= 4 is 5.91 Å². The van der Waals surface area contributed by atoms with Gasteiger partial charge in [0, 0.05) is 19.1 Å². The van der Waals surface area contributed by atoms with Crippen LogP contribution in [0.15, 0.2) is 77.4 Å². The Morgan fingerprint density at radius 3 is 2.55 bits per heavy atom. The predicted octanol–water partition coefficient (Wildman–Crippen LogP) is 4.69. The van der Waals surface area contributed by atoms with E-state index in [4.69, 9.17) is 4.42 Å². The molecule has 1 aliphatic rings. The van der Waals surface area contributed by atoms with Crippen LogP contribution < -0.4 is 5.32 Å². The van der Waals surface area contributed by atoms with Gasteiger partial charge >= 0.3 is 0 Å². The fourth-order valence-corrected chi connectivity index (χ4v) is 4.04. The molecule has 1 N–H and O–H groups in total. The second kappa shape index (κ2) is 9.05. The van der Waals surface area contributed by atoms with Crippen LogP contribution in [0.2, 0.25) is 0 Å². The first-order chi connectivity index (χ1) is 14.2. The molecule has 1 amide bonds. The third-order valence-electron chi connectivity index (χ3n) is 5.56. The summed E-state index contributed by atoms with van der Waals surface area (Å²) in [5.41, 5.74) is 2.30. The predicted molar refractivity (Wildman–Crippen MR) is 109 cm³/mol. The lowest BCUT2D eigenvalue weighted by Crippen LogP contribution is -2.44. The Kier molecular flexibility index (Phi) is 6.06. The van der Waals surface area contributed by atoms with E-state index in [0.717, 1.165) is 30.7 Å². The molecule has 0 radical (unpaired) electrons. The summed E-state index contributed by atoms with van der Waals surface area (Å²) in [5.74, 6) is 0.497. The van der Waals surface area contributed by atoms with Crippen molar-refractivity contribution in [3.05, 3.63) is 95.7 Å². The van der Waals surface area contributed by atoms with Crippen LogP contribution in [0.4, 0.5) is 4.39 Å². The second-order valence-corrected chi connectivity index (χ2v) is 7.55. The molecule has 4 rings (SSSR count). The first-order valence-corrected chi connectivity index (χ1v) is 10.0. The van der Waals surface area contributed by atoms with Gasteiger partial charge in [-0.2, -0.15) is 0 Å². The molecule has 2 atom stereocenters. The third-order valence-corrected chi connectivity index (χ3v) is 5.56. The second-order valence-electron chi connectivity index (χ2n) is 7.55. The van der Waals surface area contributed by atoms with E-state index >= 15 is 0 Å². The van der Waals surface area contributed by atoms with Crippen LogP contribution in [0.5, 0.6) is 0 Å². The third kappa shape index (κ3) is 4.93. The Hall–Kier alpha value is -2.92. The van der Waals surface area contributed by atoms with Gasteiger partial charge in [0.25, 0.3) is 0 Å². The quantitative estimate of drug-likeness (QED) is 0.662. The maximum Gasteiger partial charge on any atom is 0.224 e. The highest BCUT2D eigenvalue weighted by Gasteiger charge is 2.32. The summed E-state index contributed by atoms with van der Waals surface area (Å²) in [5, 5.41) is 2.99. The fourth-order valence-electron chi connectivity index (χ4n) is 4.04. The monoisotopic (exact) mass is 392 g/mol. The zero-order valence-electron chi connectivity index (χ0n) is 16.3. The van der Waals surface area contributed by atoms with Gasteiger partial charge in [0.1, 0.15) is 11.6 Å². The average molecular weight is 392 g/mol. The van der Waals surface area contributed by atoms with Crippen molar-refractivity contribution in [1.29, 1.82) is 0 Å². The molecule has 3 aromatic rings. The van der Waals surface area contributed by atoms with E-state index in [0.29, 0.717) is 13.1 Å². The van der Waals surface area contributed by atoms with E-state index in [1.807, 2.05) is 42.5 Å². The number of amides is 1. The summed E-state index contributed by atoms with van der Waals surface area (Å²) in [4.78, 5) is 15.1. The van der Waals surface area contributed by atoms with Crippen molar-refractivity contribution in [2.45, 2.75) is 32.0 Å². The normalized spacial score (nSPS) is 19.8. The smallest absolute Gasteiger partial charge is 0.224 e. The summed E-state index contributed by atoms with van der Waals surface area (Å²) in [6.07, 6.45) is 3.27. The Morgan fingerprint density at radius 2 is 1.83 bits per heavy atom. The molecule has 2 unspecified atom stereocenters. The highest BCUT2D eigenvalue weighted by atomic mass is 19.1. The summed E-state index contributed by atoms with van der Waals surface area (Å²) >= 11 is 0. The minimum Gasteiger partial charge on any atom is -0.467 e. The maximum atomic E-state index is 13.4. The van der Waals surface area contributed by atoms with Crippen LogP contribution in [-0.2, 0) is 17.9 Å². The molecule has 0 bridgehead atoms. The van der Waals surface area contributed by atoms with E-state index in [1.165, 1.54) is 17.7 Å². The van der Waals surface area contributed by atoms with Gasteiger partial charge in [0.05, 0.1) is 18.7 Å². The molecule has 2 heterocycles. The average Bonchev–Trinajstić information content (AvgIpc) is 3.27. The highest BCUT2D eigenvalue weighted by molar-refractivity contribution is 5.78. The van der Waals surface area contributed by atoms with Gasteiger partial charge in [-0.1, -0.05) is 42.5 Å². The highest BCUT2D eigenvalue weighted by Crippen LogP contribution is 2.34. The first-order valence-electron chi connectivity index (χ1n) is 10.0. The lowest BCUT2D eigenvalue weighted by molar-refractivity contribution is -0.127. The fraction of sp³-hybridized carbons (Fsp3) is 0.292. The molecule has 29 heavy (non-hydrogen) atoms. The van der Waals surface area contributed by atoms with Gasteiger partial charge in [-0.3, -0.25) is 9.69 Å². The molecule has 0 saturated carbocycles. The molecule has 1 aliphatic heterocycles. The summed E-state index contributed by atoms with van der Waals surface area (Å²) in [7, 11) is 0. The van der Waals surface area contributed by atoms with E-state index in [-0.39, 0.29) is 23.7 Å². The number of furan rings is 1. The number of benzene rings is 2. The summed E-state index contributed by atoms with van der Waals surface area (Å²) < 4.78 is 18.7. The molecule has 0 aliphatic carbocycles. The molecule has 150 valence electrons. The molecular weight excluding hydrogens is 367 g/mol. The number of carbonyl (C=O) groups is 1. The topological polar surface area (TPSA) is 45.5 Å². The SMILES string of the molecule is O=C(NCc1ccco1)C1CCC(c2ccc(F)cc2)N(Cc2ccccc2)C1. The van der Waals surface area contributed by atoms with Crippen LogP contribution in [0.25, 0.3) is 0 Å². The van der Waals surface area contributed by atoms with E-state index < -0.39 is 0 Å². The minimum absolute atomic E-state index is 0.0528. The largest absolute Gasteiger partial charge is 0.467 e. The summed E-state index contributed by atoms with van der Waals surface area (Å²) in [6, 6.07) is 20.8. The molecule has 2 aromatic carbocycles. The number of likely N-dealkylation sites (tertiary alicyclic amines) is 1. The van der Waals surface area contributed by atoms with Crippen LogP contribution in [0.3, 0.4) is 0 Å². The molecule has 4 nitrogen and oxygen atoms in total. The van der Waals surface area contributed by atoms with E-state index in [1.54, 1.807) is 6.26 Å². The lowest BCUT2D eigenvalue weighted by Gasteiger charge is -2.39. The summed E-state index contributed by atoms with van der Waals surface area (Å²) in [6.45, 7) is 1.83. The zero-order chi connectivity index (χ0) is 20.1. The van der Waals surface area contributed by atoms with E-state index in [2.05, 4.69) is 22.3 Å². The standard InChI is InChI=1S/C24H25FN2O2/c25-21-11-8-19(9-12-21)23-13-10-20(24(28)26-15-22-7-4-14-29-22)17-27(23)16-18-5-2-1-3-6-18/h1-9,11-12,14,20,23H,10,13,15-17H2,(H,26,28). The molecular formula is C24H25FN2O2. The molecule has 0 spiro atoms. The van der Waals surface area contributed by atoms with Crippen LogP contribution in [0.1, 0.15) is 35.8 Å². The number of carbonyl (C=O) groups excluding carboxylic acids is 1. The van der Waals surface area contributed by atoms with E-state index in [9.17, 15) is 9.18 Å². The number of hydrogen-bond donors (Lipinski definition) is 1. The number of halogens is 1. The van der Waals surface area contributed by atoms with Crippen LogP contribution >= 0.6 is 0 Å². The lowest BCUT2D eigenvalue weighted by atomic mass is 9.88. The van der Waals surface area contributed by atoms with Crippen LogP contribution in [0, 0.1) is 11.7 Å². The van der Waals surface area contributed by atoms with Crippen molar-refractivity contribution in [2.24, 2.45) is 5.92 Å². The Balaban J connectivity index is 1.47. The van der Waals surface area contributed by atoms with Gasteiger partial charge in [0.2, 0.25) is 5.91 Å².